The molecule has 0 aliphatic carbocycles. The van der Waals surface area contributed by atoms with Crippen LogP contribution in [-0.4, -0.2) is 16.9 Å². The summed E-state index contributed by atoms with van der Waals surface area (Å²) < 4.78 is 6.95. The van der Waals surface area contributed by atoms with Crippen LogP contribution in [0.15, 0.2) is 83.9 Å². The average molecular weight is 295 g/mol. The number of hydrogen-bond donors (Lipinski definition) is 1. The van der Waals surface area contributed by atoms with E-state index in [1.807, 2.05) is 42.6 Å². The summed E-state index contributed by atoms with van der Waals surface area (Å²) in [7, 11) is 0. The Hall–Kier alpha value is -3.08. The number of allylic oxidation sites excluding steroid dienone is 8. The third kappa shape index (κ3) is 5.13. The first-order valence-electron chi connectivity index (χ1n) is 6.78. The Morgan fingerprint density at radius 2 is 2.09 bits per heavy atom. The number of fused-ring (bicyclic) bond motifs is 1. The van der Waals surface area contributed by atoms with Crippen LogP contribution in [0.2, 0.25) is 0 Å². The number of rotatable bonds is 1. The van der Waals surface area contributed by atoms with Crippen molar-refractivity contribution in [2.24, 2.45) is 10.7 Å². The van der Waals surface area contributed by atoms with Gasteiger partial charge in [-0.2, -0.15) is 0 Å². The lowest BCUT2D eigenvalue weighted by molar-refractivity contribution is 0.190. The SMILES string of the molecule is NC(=O)OC1=CC=CN=Cc2cccn2CC=CC=CC=C1. The number of hydrogen-bond acceptors (Lipinski definition) is 3. The summed E-state index contributed by atoms with van der Waals surface area (Å²) in [6.45, 7) is 0.764. The van der Waals surface area contributed by atoms with E-state index in [0.29, 0.717) is 5.76 Å². The van der Waals surface area contributed by atoms with Crippen LogP contribution in [0.25, 0.3) is 0 Å². The van der Waals surface area contributed by atoms with Crippen molar-refractivity contribution in [3.05, 3.63) is 84.6 Å². The third-order valence-electron chi connectivity index (χ3n) is 2.75. The van der Waals surface area contributed by atoms with Crippen LogP contribution in [0.1, 0.15) is 5.69 Å². The van der Waals surface area contributed by atoms with Crippen molar-refractivity contribution in [1.29, 1.82) is 0 Å². The molecule has 5 heteroatoms. The van der Waals surface area contributed by atoms with Crippen molar-refractivity contribution in [1.82, 2.24) is 4.57 Å². The zero-order chi connectivity index (χ0) is 15.6. The third-order valence-corrected chi connectivity index (χ3v) is 2.75. The number of nitrogens with zero attached hydrogens (tertiary/aromatic N) is 2. The van der Waals surface area contributed by atoms with E-state index in [2.05, 4.69) is 9.56 Å². The molecule has 0 fully saturated rings. The van der Waals surface area contributed by atoms with Crippen molar-refractivity contribution in [3.63, 3.8) is 0 Å². The molecular weight excluding hydrogens is 278 g/mol. The topological polar surface area (TPSA) is 69.6 Å². The van der Waals surface area contributed by atoms with Crippen molar-refractivity contribution < 1.29 is 9.53 Å². The number of carbonyl (C=O) groups excluding carboxylic acids is 1. The summed E-state index contributed by atoms with van der Waals surface area (Å²) in [6, 6.07) is 3.96. The van der Waals surface area contributed by atoms with Crippen molar-refractivity contribution in [2.75, 3.05) is 0 Å². The monoisotopic (exact) mass is 295 g/mol. The van der Waals surface area contributed by atoms with Gasteiger partial charge in [0.15, 0.2) is 0 Å². The molecule has 22 heavy (non-hydrogen) atoms. The summed E-state index contributed by atoms with van der Waals surface area (Å²) in [5.74, 6) is 0.339. The number of nitrogens with two attached hydrogens (primary N) is 1. The maximum atomic E-state index is 10.8. The molecule has 2 rings (SSSR count). The van der Waals surface area contributed by atoms with E-state index in [9.17, 15) is 4.79 Å². The van der Waals surface area contributed by atoms with E-state index < -0.39 is 6.09 Å². The normalized spacial score (nSPS) is 14.8. The molecule has 1 aliphatic rings. The fourth-order valence-corrected chi connectivity index (χ4v) is 1.79. The van der Waals surface area contributed by atoms with Crippen LogP contribution in [0.5, 0.6) is 0 Å². The average Bonchev–Trinajstić information content (AvgIpc) is 2.91. The minimum atomic E-state index is -0.854. The Bertz CT molecular complexity index is 689. The molecular formula is C17H17N3O2. The molecule has 5 nitrogen and oxygen atoms in total. The summed E-state index contributed by atoms with van der Waals surface area (Å²) >= 11 is 0. The maximum Gasteiger partial charge on any atom is 0.409 e. The Labute approximate surface area is 129 Å². The van der Waals surface area contributed by atoms with E-state index in [0.717, 1.165) is 12.2 Å². The van der Waals surface area contributed by atoms with Crippen LogP contribution in [0.4, 0.5) is 4.79 Å². The van der Waals surface area contributed by atoms with Crippen LogP contribution in [0.3, 0.4) is 0 Å². The molecule has 0 saturated carbocycles. The summed E-state index contributed by atoms with van der Waals surface area (Å²) in [5.41, 5.74) is 6.03. The fraction of sp³-hybridized carbons (Fsp3) is 0.0588. The number of aromatic nitrogens is 1. The lowest BCUT2D eigenvalue weighted by Gasteiger charge is -2.00. The fourth-order valence-electron chi connectivity index (χ4n) is 1.79. The van der Waals surface area contributed by atoms with E-state index in [-0.39, 0.29) is 0 Å². The smallest absolute Gasteiger partial charge is 0.409 e. The highest BCUT2D eigenvalue weighted by Gasteiger charge is 1.97. The zero-order valence-corrected chi connectivity index (χ0v) is 12.0. The predicted molar refractivity (Wildman–Crippen MR) is 87.3 cm³/mol. The standard InChI is InChI=1S/C17H17N3O2/c18-17(21)22-16-9-4-2-1-3-5-12-20-13-7-8-15(20)14-19-11-6-10-16/h1-11,13-14H,12H2,(H2,18,21). The van der Waals surface area contributed by atoms with E-state index in [4.69, 9.17) is 10.5 Å². The molecule has 112 valence electrons. The van der Waals surface area contributed by atoms with Crippen LogP contribution in [-0.2, 0) is 11.3 Å². The van der Waals surface area contributed by atoms with Crippen molar-refractivity contribution >= 4 is 12.3 Å². The van der Waals surface area contributed by atoms with Gasteiger partial charge in [-0.15, -0.1) is 0 Å². The molecule has 0 spiro atoms. The molecule has 1 amide bonds. The van der Waals surface area contributed by atoms with Gasteiger partial charge in [-0.05, 0) is 30.4 Å². The van der Waals surface area contributed by atoms with Gasteiger partial charge in [-0.3, -0.25) is 4.99 Å². The molecule has 2 N–H and O–H groups in total. The molecule has 1 aromatic rings. The second-order valence-corrected chi connectivity index (χ2v) is 4.37. The van der Waals surface area contributed by atoms with Crippen molar-refractivity contribution in [3.8, 4) is 0 Å². The highest BCUT2D eigenvalue weighted by Crippen LogP contribution is 2.03. The first kappa shape index (κ1) is 15.3. The molecule has 1 aromatic heterocycles. The molecule has 0 bridgehead atoms. The largest absolute Gasteiger partial charge is 0.411 e. The summed E-state index contributed by atoms with van der Waals surface area (Å²) in [4.78, 5) is 15.0. The zero-order valence-electron chi connectivity index (χ0n) is 12.0. The van der Waals surface area contributed by atoms with Gasteiger partial charge in [-0.1, -0.05) is 30.4 Å². The maximum absolute atomic E-state index is 10.8. The van der Waals surface area contributed by atoms with Crippen LogP contribution in [0, 0.1) is 0 Å². The second kappa shape index (κ2) is 8.26. The van der Waals surface area contributed by atoms with Gasteiger partial charge in [0.1, 0.15) is 5.76 Å². The Morgan fingerprint density at radius 1 is 1.23 bits per heavy atom. The Kier molecular flexibility index (Phi) is 5.75. The molecule has 0 radical (unpaired) electrons. The molecule has 2 heterocycles. The number of amides is 1. The minimum absolute atomic E-state index is 0.339. The minimum Gasteiger partial charge on any atom is -0.411 e. The van der Waals surface area contributed by atoms with Gasteiger partial charge in [0.05, 0.1) is 11.9 Å². The molecule has 0 aromatic carbocycles. The molecule has 0 atom stereocenters. The molecule has 0 unspecified atom stereocenters. The lowest BCUT2D eigenvalue weighted by Crippen LogP contribution is -2.11. The highest BCUT2D eigenvalue weighted by molar-refractivity contribution is 5.78. The summed E-state index contributed by atoms with van der Waals surface area (Å²) in [6.07, 6.45) is 18.9. The van der Waals surface area contributed by atoms with Gasteiger partial charge in [0, 0.05) is 18.9 Å². The molecule has 1 aliphatic heterocycles. The summed E-state index contributed by atoms with van der Waals surface area (Å²) in [5, 5.41) is 0. The van der Waals surface area contributed by atoms with Gasteiger partial charge < -0.3 is 15.0 Å². The lowest BCUT2D eigenvalue weighted by atomic mass is 10.3. The van der Waals surface area contributed by atoms with Gasteiger partial charge in [-0.25, -0.2) is 4.79 Å². The Balaban J connectivity index is 2.24. The highest BCUT2D eigenvalue weighted by atomic mass is 16.5. The van der Waals surface area contributed by atoms with Gasteiger partial charge >= 0.3 is 6.09 Å². The van der Waals surface area contributed by atoms with Crippen LogP contribution < -0.4 is 5.73 Å². The first-order chi connectivity index (χ1) is 10.8. The quantitative estimate of drug-likeness (QED) is 0.865. The van der Waals surface area contributed by atoms with E-state index in [1.165, 1.54) is 0 Å². The Morgan fingerprint density at radius 3 is 2.95 bits per heavy atom. The van der Waals surface area contributed by atoms with Crippen LogP contribution >= 0.6 is 0 Å². The van der Waals surface area contributed by atoms with E-state index in [1.54, 1.807) is 36.7 Å². The number of aliphatic imine (C=N–C) groups is 1. The van der Waals surface area contributed by atoms with Gasteiger partial charge in [0.25, 0.3) is 0 Å². The number of ether oxygens (including phenoxy) is 1. The number of primary amides is 1. The first-order valence-corrected chi connectivity index (χ1v) is 6.78. The van der Waals surface area contributed by atoms with E-state index >= 15 is 0 Å². The predicted octanol–water partition coefficient (Wildman–Crippen LogP) is 3.08. The van der Waals surface area contributed by atoms with Crippen molar-refractivity contribution in [2.45, 2.75) is 6.54 Å². The molecule has 0 saturated heterocycles. The number of carbonyl (C=O) groups is 1. The second-order valence-electron chi connectivity index (χ2n) is 4.37. The van der Waals surface area contributed by atoms with Gasteiger partial charge in [0.2, 0.25) is 0 Å².